The second-order valence-electron chi connectivity index (χ2n) is 7.06. The van der Waals surface area contributed by atoms with E-state index < -0.39 is 0 Å². The third kappa shape index (κ3) is 2.91. The number of fused-ring (bicyclic) bond motifs is 1. The molecule has 1 aliphatic carbocycles. The number of amides is 1. The summed E-state index contributed by atoms with van der Waals surface area (Å²) in [7, 11) is 4.78. The number of aromatic nitrogens is 2. The molecule has 1 aromatic carbocycles. The molecular formula is C20H25N3O4. The minimum atomic E-state index is -0.140. The number of hydrogen-bond donors (Lipinski definition) is 1. The maximum Gasteiger partial charge on any atom is 0.226 e. The summed E-state index contributed by atoms with van der Waals surface area (Å²) in [6.07, 6.45) is 6.85. The molecule has 1 unspecified atom stereocenters. The Balaban J connectivity index is 1.81. The van der Waals surface area contributed by atoms with Crippen LogP contribution >= 0.6 is 0 Å². The van der Waals surface area contributed by atoms with Crippen molar-refractivity contribution in [3.63, 3.8) is 0 Å². The molecule has 0 saturated heterocycles. The quantitative estimate of drug-likeness (QED) is 0.871. The lowest BCUT2D eigenvalue weighted by molar-refractivity contribution is -0.116. The second kappa shape index (κ2) is 7.13. The van der Waals surface area contributed by atoms with E-state index in [0.29, 0.717) is 29.7 Å². The highest BCUT2D eigenvalue weighted by atomic mass is 16.5. The fourth-order valence-electron chi connectivity index (χ4n) is 4.34. The van der Waals surface area contributed by atoms with Crippen LogP contribution in [0.1, 0.15) is 55.2 Å². The lowest BCUT2D eigenvalue weighted by Crippen LogP contribution is -2.26. The van der Waals surface area contributed by atoms with E-state index in [1.807, 2.05) is 23.0 Å². The first-order chi connectivity index (χ1) is 13.2. The van der Waals surface area contributed by atoms with Gasteiger partial charge in [-0.25, -0.2) is 4.68 Å². The Hall–Kier alpha value is -2.70. The molecule has 1 aliphatic heterocycles. The average molecular weight is 371 g/mol. The number of anilines is 1. The number of benzene rings is 1. The summed E-state index contributed by atoms with van der Waals surface area (Å²) in [6.45, 7) is 0. The van der Waals surface area contributed by atoms with Crippen LogP contribution in [0, 0.1) is 0 Å². The molecule has 2 aliphatic rings. The van der Waals surface area contributed by atoms with Crippen molar-refractivity contribution < 1.29 is 19.0 Å². The summed E-state index contributed by atoms with van der Waals surface area (Å²) in [5, 5.41) is 7.67. The van der Waals surface area contributed by atoms with Gasteiger partial charge in [0, 0.05) is 23.5 Å². The van der Waals surface area contributed by atoms with Gasteiger partial charge in [-0.2, -0.15) is 5.10 Å². The number of nitrogens with zero attached hydrogens (tertiary/aromatic N) is 2. The molecular weight excluding hydrogens is 346 g/mol. The van der Waals surface area contributed by atoms with Gasteiger partial charge in [-0.05, 0) is 18.9 Å². The first-order valence-electron chi connectivity index (χ1n) is 9.34. The first kappa shape index (κ1) is 17.7. The zero-order valence-electron chi connectivity index (χ0n) is 15.9. The van der Waals surface area contributed by atoms with Crippen molar-refractivity contribution in [1.82, 2.24) is 9.78 Å². The molecule has 2 heterocycles. The van der Waals surface area contributed by atoms with Crippen LogP contribution in [0.15, 0.2) is 18.3 Å². The number of ether oxygens (including phenoxy) is 3. The Bertz CT molecular complexity index is 855. The molecule has 27 heavy (non-hydrogen) atoms. The van der Waals surface area contributed by atoms with Gasteiger partial charge in [0.25, 0.3) is 0 Å². The molecule has 0 radical (unpaired) electrons. The number of nitrogens with one attached hydrogen (secondary N) is 1. The SMILES string of the molecule is COc1ccc(C2CC(=O)Nc3c2cnn3C2CCCC2)c(OC)c1OC. The van der Waals surface area contributed by atoms with Crippen LogP contribution in [0.3, 0.4) is 0 Å². The van der Waals surface area contributed by atoms with Crippen LogP contribution in [-0.2, 0) is 4.79 Å². The second-order valence-corrected chi connectivity index (χ2v) is 7.06. The lowest BCUT2D eigenvalue weighted by Gasteiger charge is -2.27. The highest BCUT2D eigenvalue weighted by Gasteiger charge is 2.35. The van der Waals surface area contributed by atoms with E-state index in [0.717, 1.165) is 29.8 Å². The summed E-state index contributed by atoms with van der Waals surface area (Å²) in [5.41, 5.74) is 1.92. The number of hydrogen-bond acceptors (Lipinski definition) is 5. The Morgan fingerprint density at radius 2 is 1.78 bits per heavy atom. The largest absolute Gasteiger partial charge is 0.493 e. The van der Waals surface area contributed by atoms with Gasteiger partial charge in [-0.1, -0.05) is 18.9 Å². The van der Waals surface area contributed by atoms with Gasteiger partial charge in [-0.15, -0.1) is 0 Å². The molecule has 7 heteroatoms. The van der Waals surface area contributed by atoms with Gasteiger partial charge < -0.3 is 19.5 Å². The minimum absolute atomic E-state index is 0.0101. The van der Waals surface area contributed by atoms with Crippen LogP contribution < -0.4 is 19.5 Å². The summed E-state index contributed by atoms with van der Waals surface area (Å²) < 4.78 is 18.6. The van der Waals surface area contributed by atoms with Gasteiger partial charge in [0.05, 0.1) is 33.6 Å². The van der Waals surface area contributed by atoms with E-state index in [-0.39, 0.29) is 11.8 Å². The van der Waals surface area contributed by atoms with Crippen molar-refractivity contribution in [3.05, 3.63) is 29.5 Å². The average Bonchev–Trinajstić information content (AvgIpc) is 3.35. The fourth-order valence-corrected chi connectivity index (χ4v) is 4.34. The highest BCUT2D eigenvalue weighted by Crippen LogP contribution is 2.48. The molecule has 2 aromatic rings. The van der Waals surface area contributed by atoms with E-state index in [2.05, 4.69) is 10.4 Å². The number of carbonyl (C=O) groups is 1. The maximum absolute atomic E-state index is 12.5. The van der Waals surface area contributed by atoms with Crippen molar-refractivity contribution in [2.45, 2.75) is 44.1 Å². The van der Waals surface area contributed by atoms with Crippen molar-refractivity contribution in [2.75, 3.05) is 26.6 Å². The highest BCUT2D eigenvalue weighted by molar-refractivity contribution is 5.94. The Kier molecular flexibility index (Phi) is 4.68. The smallest absolute Gasteiger partial charge is 0.226 e. The molecule has 1 saturated carbocycles. The van der Waals surface area contributed by atoms with Gasteiger partial charge in [0.2, 0.25) is 11.7 Å². The Labute approximate surface area is 158 Å². The van der Waals surface area contributed by atoms with Crippen LogP contribution in [0.5, 0.6) is 17.2 Å². The predicted molar refractivity (Wildman–Crippen MR) is 101 cm³/mol. The van der Waals surface area contributed by atoms with E-state index in [1.54, 1.807) is 21.3 Å². The van der Waals surface area contributed by atoms with Gasteiger partial charge in [0.15, 0.2) is 11.5 Å². The van der Waals surface area contributed by atoms with Crippen molar-refractivity contribution in [2.24, 2.45) is 0 Å². The molecule has 7 nitrogen and oxygen atoms in total. The number of carbonyl (C=O) groups excluding carboxylic acids is 1. The fraction of sp³-hybridized carbons (Fsp3) is 0.500. The molecule has 1 aromatic heterocycles. The normalized spacial score (nSPS) is 19.5. The van der Waals surface area contributed by atoms with Crippen molar-refractivity contribution >= 4 is 11.7 Å². The molecule has 4 rings (SSSR count). The molecule has 0 spiro atoms. The monoisotopic (exact) mass is 371 g/mol. The predicted octanol–water partition coefficient (Wildman–Crippen LogP) is 3.50. The van der Waals surface area contributed by atoms with Crippen molar-refractivity contribution in [3.8, 4) is 17.2 Å². The van der Waals surface area contributed by atoms with E-state index >= 15 is 0 Å². The standard InChI is InChI=1S/C20H25N3O4/c1-25-16-9-8-13(18(26-2)19(16)27-3)14-10-17(24)22-20-15(14)11-21-23(20)12-6-4-5-7-12/h8-9,11-12,14H,4-7,10H2,1-3H3,(H,22,24). The zero-order chi connectivity index (χ0) is 19.0. The molecule has 144 valence electrons. The Morgan fingerprint density at radius 1 is 1.04 bits per heavy atom. The molecule has 1 amide bonds. The summed E-state index contributed by atoms with van der Waals surface area (Å²) in [5.74, 6) is 2.40. The van der Waals surface area contributed by atoms with Gasteiger partial charge in [-0.3, -0.25) is 4.79 Å². The molecule has 1 fully saturated rings. The topological polar surface area (TPSA) is 74.6 Å². The van der Waals surface area contributed by atoms with Crippen LogP contribution in [0.2, 0.25) is 0 Å². The first-order valence-corrected chi connectivity index (χ1v) is 9.34. The van der Waals surface area contributed by atoms with E-state index in [9.17, 15) is 4.79 Å². The van der Waals surface area contributed by atoms with E-state index in [4.69, 9.17) is 14.2 Å². The summed E-state index contributed by atoms with van der Waals surface area (Å²) >= 11 is 0. The summed E-state index contributed by atoms with van der Waals surface area (Å²) in [6, 6.07) is 4.16. The van der Waals surface area contributed by atoms with E-state index in [1.165, 1.54) is 12.8 Å². The van der Waals surface area contributed by atoms with Gasteiger partial charge in [0.1, 0.15) is 5.82 Å². The number of rotatable bonds is 5. The summed E-state index contributed by atoms with van der Waals surface area (Å²) in [4.78, 5) is 12.5. The lowest BCUT2D eigenvalue weighted by atomic mass is 9.86. The van der Waals surface area contributed by atoms with Crippen LogP contribution in [0.4, 0.5) is 5.82 Å². The van der Waals surface area contributed by atoms with Crippen molar-refractivity contribution in [1.29, 1.82) is 0 Å². The van der Waals surface area contributed by atoms with Crippen LogP contribution in [0.25, 0.3) is 0 Å². The zero-order valence-corrected chi connectivity index (χ0v) is 15.9. The Morgan fingerprint density at radius 3 is 2.44 bits per heavy atom. The van der Waals surface area contributed by atoms with Gasteiger partial charge >= 0.3 is 0 Å². The third-order valence-electron chi connectivity index (χ3n) is 5.63. The molecule has 1 N–H and O–H groups in total. The number of methoxy groups -OCH3 is 3. The molecule has 1 atom stereocenters. The van der Waals surface area contributed by atoms with Crippen LogP contribution in [-0.4, -0.2) is 37.0 Å². The molecule has 0 bridgehead atoms. The maximum atomic E-state index is 12.5. The minimum Gasteiger partial charge on any atom is -0.493 e. The third-order valence-corrected chi connectivity index (χ3v) is 5.63.